The third-order valence-electron chi connectivity index (χ3n) is 2.64. The maximum Gasteiger partial charge on any atom is 0.263 e. The number of nitrogens with one attached hydrogen (secondary N) is 1. The number of aromatic nitrogens is 1. The summed E-state index contributed by atoms with van der Waals surface area (Å²) in [6.45, 7) is 0. The Morgan fingerprint density at radius 3 is 2.65 bits per heavy atom. The standard InChI is InChI=1S/C14H11N3O2S/c1-17-8-2-3-12(14(17)19)13(18)16-10-4-6-11(7-5-10)20-9-15/h2-8H,1H3,(H,16,18). The zero-order valence-electron chi connectivity index (χ0n) is 10.7. The smallest absolute Gasteiger partial charge is 0.263 e. The largest absolute Gasteiger partial charge is 0.322 e. The summed E-state index contributed by atoms with van der Waals surface area (Å²) in [6, 6.07) is 9.95. The Labute approximate surface area is 119 Å². The van der Waals surface area contributed by atoms with Crippen molar-refractivity contribution in [1.82, 2.24) is 4.57 Å². The van der Waals surface area contributed by atoms with Crippen LogP contribution in [0.3, 0.4) is 0 Å². The van der Waals surface area contributed by atoms with Gasteiger partial charge in [0.25, 0.3) is 11.5 Å². The lowest BCUT2D eigenvalue weighted by atomic mass is 10.2. The Kier molecular flexibility index (Phi) is 4.23. The molecule has 0 radical (unpaired) electrons. The van der Waals surface area contributed by atoms with E-state index >= 15 is 0 Å². The van der Waals surface area contributed by atoms with Crippen molar-refractivity contribution in [2.75, 3.05) is 5.32 Å². The molecule has 0 unspecified atom stereocenters. The summed E-state index contributed by atoms with van der Waals surface area (Å²) >= 11 is 1.04. The molecule has 1 aromatic carbocycles. The highest BCUT2D eigenvalue weighted by molar-refractivity contribution is 8.03. The molecule has 2 rings (SSSR count). The van der Waals surface area contributed by atoms with E-state index in [1.165, 1.54) is 10.6 Å². The van der Waals surface area contributed by atoms with Crippen molar-refractivity contribution in [3.05, 3.63) is 58.5 Å². The van der Waals surface area contributed by atoms with E-state index in [0.717, 1.165) is 16.7 Å². The number of hydrogen-bond acceptors (Lipinski definition) is 4. The van der Waals surface area contributed by atoms with E-state index in [0.29, 0.717) is 5.69 Å². The Bertz CT molecular complexity index is 729. The van der Waals surface area contributed by atoms with E-state index in [-0.39, 0.29) is 11.1 Å². The zero-order chi connectivity index (χ0) is 14.5. The Morgan fingerprint density at radius 1 is 1.30 bits per heavy atom. The number of amides is 1. The summed E-state index contributed by atoms with van der Waals surface area (Å²) in [6.07, 6.45) is 1.59. The van der Waals surface area contributed by atoms with Crippen molar-refractivity contribution in [1.29, 1.82) is 5.26 Å². The SMILES string of the molecule is Cn1cccc(C(=O)Nc2ccc(SC#N)cc2)c1=O. The first-order valence-electron chi connectivity index (χ1n) is 5.75. The first-order chi connectivity index (χ1) is 9.61. The molecular weight excluding hydrogens is 274 g/mol. The van der Waals surface area contributed by atoms with Gasteiger partial charge in [-0.15, -0.1) is 0 Å². The van der Waals surface area contributed by atoms with E-state index < -0.39 is 5.91 Å². The number of pyridine rings is 1. The van der Waals surface area contributed by atoms with Crippen molar-refractivity contribution < 1.29 is 4.79 Å². The fourth-order valence-corrected chi connectivity index (χ4v) is 2.01. The molecule has 1 aromatic heterocycles. The van der Waals surface area contributed by atoms with E-state index in [1.807, 2.05) is 5.40 Å². The van der Waals surface area contributed by atoms with Crippen molar-refractivity contribution in [3.63, 3.8) is 0 Å². The number of benzene rings is 1. The molecule has 0 aliphatic heterocycles. The number of thiocyanates is 1. The molecule has 1 amide bonds. The van der Waals surface area contributed by atoms with Crippen molar-refractivity contribution in [2.45, 2.75) is 4.90 Å². The van der Waals surface area contributed by atoms with E-state index in [1.54, 1.807) is 43.6 Å². The van der Waals surface area contributed by atoms with Crippen molar-refractivity contribution >= 4 is 23.4 Å². The topological polar surface area (TPSA) is 74.9 Å². The Morgan fingerprint density at radius 2 is 2.00 bits per heavy atom. The van der Waals surface area contributed by atoms with E-state index in [4.69, 9.17) is 5.26 Å². The number of carbonyl (C=O) groups is 1. The molecule has 0 atom stereocenters. The molecule has 100 valence electrons. The lowest BCUT2D eigenvalue weighted by molar-refractivity contribution is 0.102. The number of nitrogens with zero attached hydrogens (tertiary/aromatic N) is 2. The van der Waals surface area contributed by atoms with Crippen molar-refractivity contribution in [3.8, 4) is 5.40 Å². The number of aryl methyl sites for hydroxylation is 1. The maximum atomic E-state index is 12.0. The highest BCUT2D eigenvalue weighted by Crippen LogP contribution is 2.19. The number of carbonyl (C=O) groups excluding carboxylic acids is 1. The van der Waals surface area contributed by atoms with Crippen LogP contribution in [0.25, 0.3) is 0 Å². The molecule has 0 fully saturated rings. The number of nitriles is 1. The van der Waals surface area contributed by atoms with Gasteiger partial charge in [0.05, 0.1) is 0 Å². The fraction of sp³-hybridized carbons (Fsp3) is 0.0714. The first-order valence-corrected chi connectivity index (χ1v) is 6.56. The molecule has 0 bridgehead atoms. The number of thioether (sulfide) groups is 1. The second-order valence-electron chi connectivity index (χ2n) is 4.01. The molecule has 20 heavy (non-hydrogen) atoms. The molecule has 0 saturated carbocycles. The minimum Gasteiger partial charge on any atom is -0.322 e. The molecule has 0 aliphatic carbocycles. The van der Waals surface area contributed by atoms with Gasteiger partial charge in [-0.1, -0.05) is 0 Å². The summed E-state index contributed by atoms with van der Waals surface area (Å²) in [5, 5.41) is 13.2. The molecule has 2 aromatic rings. The molecule has 5 nitrogen and oxygen atoms in total. The van der Waals surface area contributed by atoms with Gasteiger partial charge in [0, 0.05) is 23.8 Å². The van der Waals surface area contributed by atoms with Crippen LogP contribution in [0.5, 0.6) is 0 Å². The zero-order valence-corrected chi connectivity index (χ0v) is 11.5. The third kappa shape index (κ3) is 3.08. The summed E-state index contributed by atoms with van der Waals surface area (Å²) in [5.41, 5.74) is 0.315. The van der Waals surface area contributed by atoms with Gasteiger partial charge in [0.2, 0.25) is 0 Å². The van der Waals surface area contributed by atoms with Crippen LogP contribution in [0.2, 0.25) is 0 Å². The molecule has 1 N–H and O–H groups in total. The summed E-state index contributed by atoms with van der Waals surface area (Å²) in [5.74, 6) is -0.452. The highest BCUT2D eigenvalue weighted by Gasteiger charge is 2.11. The molecule has 0 aliphatic rings. The first kappa shape index (κ1) is 13.9. The number of anilines is 1. The highest BCUT2D eigenvalue weighted by atomic mass is 32.2. The monoisotopic (exact) mass is 285 g/mol. The van der Waals surface area contributed by atoms with Gasteiger partial charge >= 0.3 is 0 Å². The minimum atomic E-state index is -0.452. The van der Waals surface area contributed by atoms with Gasteiger partial charge in [-0.25, -0.2) is 0 Å². The Hall–Kier alpha value is -2.52. The maximum absolute atomic E-state index is 12.0. The lowest BCUT2D eigenvalue weighted by Crippen LogP contribution is -2.26. The average molecular weight is 285 g/mol. The molecular formula is C14H11N3O2S. The van der Waals surface area contributed by atoms with Gasteiger partial charge in [-0.2, -0.15) is 5.26 Å². The van der Waals surface area contributed by atoms with Crippen LogP contribution in [-0.4, -0.2) is 10.5 Å². The third-order valence-corrected chi connectivity index (χ3v) is 3.24. The van der Waals surface area contributed by atoms with Crippen LogP contribution < -0.4 is 10.9 Å². The van der Waals surface area contributed by atoms with Crippen LogP contribution in [0, 0.1) is 10.7 Å². The van der Waals surface area contributed by atoms with Crippen LogP contribution in [0.4, 0.5) is 5.69 Å². The van der Waals surface area contributed by atoms with Crippen LogP contribution in [0.15, 0.2) is 52.3 Å². The normalized spacial score (nSPS) is 9.80. The van der Waals surface area contributed by atoms with E-state index in [2.05, 4.69) is 5.32 Å². The quantitative estimate of drug-likeness (QED) is 0.693. The summed E-state index contributed by atoms with van der Waals surface area (Å²) < 4.78 is 1.35. The second kappa shape index (κ2) is 6.08. The summed E-state index contributed by atoms with van der Waals surface area (Å²) in [4.78, 5) is 24.6. The van der Waals surface area contributed by atoms with Crippen LogP contribution >= 0.6 is 11.8 Å². The van der Waals surface area contributed by atoms with Crippen molar-refractivity contribution in [2.24, 2.45) is 7.05 Å². The van der Waals surface area contributed by atoms with Gasteiger partial charge in [0.1, 0.15) is 11.0 Å². The fourth-order valence-electron chi connectivity index (χ4n) is 1.63. The minimum absolute atomic E-state index is 0.0884. The molecule has 1 heterocycles. The lowest BCUT2D eigenvalue weighted by Gasteiger charge is -2.06. The predicted molar refractivity (Wildman–Crippen MR) is 77.5 cm³/mol. The second-order valence-corrected chi connectivity index (χ2v) is 4.87. The van der Waals surface area contributed by atoms with Gasteiger partial charge in [-0.3, -0.25) is 9.59 Å². The van der Waals surface area contributed by atoms with Gasteiger partial charge in [0.15, 0.2) is 0 Å². The summed E-state index contributed by atoms with van der Waals surface area (Å²) in [7, 11) is 1.59. The van der Waals surface area contributed by atoms with E-state index in [9.17, 15) is 9.59 Å². The van der Waals surface area contributed by atoms with Crippen LogP contribution in [-0.2, 0) is 7.05 Å². The number of hydrogen-bond donors (Lipinski definition) is 1. The number of rotatable bonds is 3. The van der Waals surface area contributed by atoms with Gasteiger partial charge in [-0.05, 0) is 48.2 Å². The van der Waals surface area contributed by atoms with Crippen LogP contribution in [0.1, 0.15) is 10.4 Å². The predicted octanol–water partition coefficient (Wildman–Crippen LogP) is 2.21. The molecule has 0 saturated heterocycles. The molecule has 0 spiro atoms. The Balaban J connectivity index is 2.18. The average Bonchev–Trinajstić information content (AvgIpc) is 2.44. The van der Waals surface area contributed by atoms with Gasteiger partial charge < -0.3 is 9.88 Å². The molecule has 6 heteroatoms.